The van der Waals surface area contributed by atoms with E-state index < -0.39 is 0 Å². The van der Waals surface area contributed by atoms with Gasteiger partial charge in [-0.05, 0) is 186 Å². The molecule has 23 rings (SSSR count). The summed E-state index contributed by atoms with van der Waals surface area (Å²) in [4.78, 5) is 10.5. The highest BCUT2D eigenvalue weighted by Gasteiger charge is 2.24. The first-order chi connectivity index (χ1) is 55.6. The normalized spacial score (nSPS) is 11.8. The molecule has 0 bridgehead atoms. The van der Waals surface area contributed by atoms with E-state index in [0.29, 0.717) is 5.95 Å². The van der Waals surface area contributed by atoms with Crippen molar-refractivity contribution in [1.82, 2.24) is 28.2 Å². The lowest BCUT2D eigenvalue weighted by Crippen LogP contribution is -2.04. The highest BCUT2D eigenvalue weighted by Crippen LogP contribution is 2.46. The molecule has 0 radical (unpaired) electrons. The van der Waals surface area contributed by atoms with Crippen LogP contribution in [0.2, 0.25) is 0 Å². The quantitative estimate of drug-likeness (QED) is 0.128. The molecule has 0 N–H and O–H groups in total. The van der Waals surface area contributed by atoms with E-state index in [1.165, 1.54) is 153 Å². The van der Waals surface area contributed by atoms with Crippen LogP contribution in [0.1, 0.15) is 0 Å². The third-order valence-electron chi connectivity index (χ3n) is 22.8. The first-order valence-corrected chi connectivity index (χ1v) is 38.4. The van der Waals surface area contributed by atoms with Crippen molar-refractivity contribution in [1.29, 1.82) is 0 Å². The maximum Gasteiger partial charge on any atom is 0.235 e. The van der Waals surface area contributed by atoms with Gasteiger partial charge in [0, 0.05) is 71.3 Å². The molecule has 0 aliphatic carbocycles. The summed E-state index contributed by atoms with van der Waals surface area (Å²) in [5.41, 5.74) is 26.2. The molecule has 522 valence electrons. The number of hydrogen-bond donors (Lipinski definition) is 0. The fourth-order valence-electron chi connectivity index (χ4n) is 17.8. The van der Waals surface area contributed by atoms with E-state index in [9.17, 15) is 0 Å². The third kappa shape index (κ3) is 10.6. The number of nitrogens with zero attached hydrogens (tertiary/aromatic N) is 6. The fraction of sp³-hybridized carbons (Fsp3) is 0. The van der Waals surface area contributed by atoms with Crippen LogP contribution in [0, 0.1) is 0 Å². The Hall–Kier alpha value is -15.0. The summed E-state index contributed by atoms with van der Waals surface area (Å²) in [6.07, 6.45) is 0. The van der Waals surface area contributed by atoms with Crippen molar-refractivity contribution in [3.05, 3.63) is 413 Å². The molecule has 0 amide bonds. The molecule has 6 heteroatoms. The lowest BCUT2D eigenvalue weighted by Gasteiger charge is -2.14. The number of benzene rings is 18. The molecule has 0 fully saturated rings. The zero-order valence-corrected chi connectivity index (χ0v) is 60.9. The van der Waals surface area contributed by atoms with Crippen LogP contribution in [-0.2, 0) is 0 Å². The molecular weight excluding hydrogens is 1360 g/mol. The number of aromatic nitrogens is 6. The average Bonchev–Trinajstić information content (AvgIpc) is 1.60. The van der Waals surface area contributed by atoms with Gasteiger partial charge in [0.15, 0.2) is 0 Å². The minimum absolute atomic E-state index is 0.648. The van der Waals surface area contributed by atoms with Gasteiger partial charge in [-0.2, -0.15) is 0 Å². The molecule has 6 nitrogen and oxygen atoms in total. The Morgan fingerprint density at radius 2 is 0.491 bits per heavy atom. The standard InChI is InChI=1S/C60H38N2.C46H30N4/c1-3-16-39(17-4-1)42-34-43(40-18-5-2-6-19-40)36-45(35-42)62-57-28-14-12-25-53(57)60-46(26-15-29-59(60)62)41-30-33-58-55(37-41)52-24-11-13-27-56(52)61(58)44-31-32-51-49-22-8-7-20-47(49)48-21-9-10-23-50(48)54(51)38-44;1-4-15-31(16-5-1)39-30-40(32-17-6-2-7-18-32)48-46(47-39)50-42-25-13-11-22-37(42)45-35(23-14-26-44(45)50)33-27-28-43-38(29-33)36-21-10-12-24-41(36)49(43)34-19-8-3-9-20-34/h1-38H;1-30H. The maximum atomic E-state index is 5.23. The molecule has 18 aromatic carbocycles. The Balaban J connectivity index is 0.000000141. The summed E-state index contributed by atoms with van der Waals surface area (Å²) in [7, 11) is 0. The van der Waals surface area contributed by atoms with Crippen LogP contribution < -0.4 is 0 Å². The van der Waals surface area contributed by atoms with Crippen LogP contribution in [0.15, 0.2) is 413 Å². The fourth-order valence-corrected chi connectivity index (χ4v) is 17.8. The summed E-state index contributed by atoms with van der Waals surface area (Å²) in [5.74, 6) is 0.648. The van der Waals surface area contributed by atoms with Gasteiger partial charge in [-0.1, -0.05) is 303 Å². The van der Waals surface area contributed by atoms with Gasteiger partial charge >= 0.3 is 0 Å². The summed E-state index contributed by atoms with van der Waals surface area (Å²) in [6.45, 7) is 0. The molecule has 0 saturated heterocycles. The highest BCUT2D eigenvalue weighted by atomic mass is 15.2. The van der Waals surface area contributed by atoms with E-state index in [1.807, 2.05) is 12.1 Å². The Morgan fingerprint density at radius 3 is 0.964 bits per heavy atom. The van der Waals surface area contributed by atoms with Crippen molar-refractivity contribution in [2.24, 2.45) is 0 Å². The molecule has 0 saturated carbocycles. The Labute approximate surface area is 646 Å². The van der Waals surface area contributed by atoms with E-state index in [4.69, 9.17) is 9.97 Å². The molecule has 0 aliphatic rings. The number of fused-ring (bicyclic) bond motifs is 18. The van der Waals surface area contributed by atoms with Crippen LogP contribution in [0.5, 0.6) is 0 Å². The lowest BCUT2D eigenvalue weighted by atomic mass is 9.94. The van der Waals surface area contributed by atoms with Gasteiger partial charge < -0.3 is 13.7 Å². The predicted octanol–water partition coefficient (Wildman–Crippen LogP) is 28.0. The molecule has 0 aliphatic heterocycles. The minimum Gasteiger partial charge on any atom is -0.309 e. The van der Waals surface area contributed by atoms with Crippen LogP contribution in [0.25, 0.3) is 210 Å². The van der Waals surface area contributed by atoms with Gasteiger partial charge in [-0.25, -0.2) is 9.97 Å². The van der Waals surface area contributed by atoms with Crippen LogP contribution in [-0.4, -0.2) is 28.2 Å². The lowest BCUT2D eigenvalue weighted by molar-refractivity contribution is 0.995. The van der Waals surface area contributed by atoms with E-state index in [2.05, 4.69) is 419 Å². The van der Waals surface area contributed by atoms with Gasteiger partial charge in [0.05, 0.1) is 55.5 Å². The van der Waals surface area contributed by atoms with Gasteiger partial charge in [-0.3, -0.25) is 4.57 Å². The first kappa shape index (κ1) is 64.2. The van der Waals surface area contributed by atoms with Crippen molar-refractivity contribution in [3.8, 4) is 90.0 Å². The number of para-hydroxylation sites is 5. The Morgan fingerprint density at radius 1 is 0.152 bits per heavy atom. The maximum absolute atomic E-state index is 5.23. The molecule has 23 aromatic rings. The van der Waals surface area contributed by atoms with Crippen molar-refractivity contribution in [2.45, 2.75) is 0 Å². The topological polar surface area (TPSA) is 45.5 Å². The van der Waals surface area contributed by atoms with Crippen molar-refractivity contribution in [2.75, 3.05) is 0 Å². The second-order valence-corrected chi connectivity index (χ2v) is 29.1. The van der Waals surface area contributed by atoms with E-state index >= 15 is 0 Å². The minimum atomic E-state index is 0.648. The molecule has 0 atom stereocenters. The number of rotatable bonds is 10. The van der Waals surface area contributed by atoms with Crippen LogP contribution in [0.4, 0.5) is 0 Å². The second-order valence-electron chi connectivity index (χ2n) is 29.1. The van der Waals surface area contributed by atoms with Crippen molar-refractivity contribution in [3.63, 3.8) is 0 Å². The molecule has 112 heavy (non-hydrogen) atoms. The average molecular weight is 1430 g/mol. The Kier molecular flexibility index (Phi) is 15.2. The van der Waals surface area contributed by atoms with Gasteiger partial charge in [-0.15, -0.1) is 0 Å². The zero-order valence-electron chi connectivity index (χ0n) is 60.9. The zero-order chi connectivity index (χ0) is 73.7. The largest absolute Gasteiger partial charge is 0.309 e. The second kappa shape index (κ2) is 26.5. The molecule has 5 aromatic heterocycles. The predicted molar refractivity (Wildman–Crippen MR) is 471 cm³/mol. The van der Waals surface area contributed by atoms with Gasteiger partial charge in [0.1, 0.15) is 0 Å². The molecular formula is C106H68N6. The summed E-state index contributed by atoms with van der Waals surface area (Å²) < 4.78 is 9.51. The SMILES string of the molecule is c1ccc(-c2cc(-c3ccccc3)cc(-n3c4ccccc4c4c(-c5ccc6c(c5)c5ccccc5n6-c5ccc6c7ccccc7c7ccccc7c6c5)cccc43)c2)cc1.c1ccc(-c2cc(-c3ccccc3)nc(-n3c4ccccc4c4c(-c5ccc6c(c5)c5ccccc5n6-c5ccccc5)cccc43)n2)cc1. The monoisotopic (exact) mass is 1420 g/mol. The molecule has 0 unspecified atom stereocenters. The molecule has 0 spiro atoms. The first-order valence-electron chi connectivity index (χ1n) is 38.4. The van der Waals surface area contributed by atoms with Crippen LogP contribution in [0.3, 0.4) is 0 Å². The third-order valence-corrected chi connectivity index (χ3v) is 22.8. The Bertz CT molecular complexity index is 7510. The highest BCUT2D eigenvalue weighted by molar-refractivity contribution is 6.26. The smallest absolute Gasteiger partial charge is 0.235 e. The summed E-state index contributed by atoms with van der Waals surface area (Å²) in [6, 6.07) is 149. The summed E-state index contributed by atoms with van der Waals surface area (Å²) in [5, 5.41) is 17.5. The van der Waals surface area contributed by atoms with E-state index in [1.54, 1.807) is 0 Å². The van der Waals surface area contributed by atoms with Gasteiger partial charge in [0.2, 0.25) is 5.95 Å². The van der Waals surface area contributed by atoms with E-state index in [-0.39, 0.29) is 0 Å². The van der Waals surface area contributed by atoms with Crippen molar-refractivity contribution >= 4 is 120 Å². The summed E-state index contributed by atoms with van der Waals surface area (Å²) >= 11 is 0. The van der Waals surface area contributed by atoms with Crippen molar-refractivity contribution < 1.29 is 0 Å². The van der Waals surface area contributed by atoms with Crippen LogP contribution >= 0.6 is 0 Å². The van der Waals surface area contributed by atoms with Gasteiger partial charge in [0.25, 0.3) is 0 Å². The van der Waals surface area contributed by atoms with E-state index in [0.717, 1.165) is 50.6 Å². The number of hydrogen-bond acceptors (Lipinski definition) is 2. The molecule has 5 heterocycles.